The largest absolute Gasteiger partial charge is 0.151 e. The van der Waals surface area contributed by atoms with Gasteiger partial charge >= 0.3 is 0 Å². The molecule has 58 valence electrons. The molecule has 1 fully saturated rings. The Bertz CT molecular complexity index is 124. The average molecular weight is 141 g/mol. The van der Waals surface area contributed by atoms with Gasteiger partial charge in [-0.3, -0.25) is 0 Å². The number of nitroso groups, excluding NO2 is 1. The molecule has 0 heterocycles. The topological polar surface area (TPSA) is 29.4 Å². The smallest absolute Gasteiger partial charge is 0.0945 e. The van der Waals surface area contributed by atoms with Crippen molar-refractivity contribution in [1.82, 2.24) is 0 Å². The van der Waals surface area contributed by atoms with Crippen LogP contribution in [0.4, 0.5) is 0 Å². The Hall–Kier alpha value is -0.400. The van der Waals surface area contributed by atoms with Crippen LogP contribution in [0.15, 0.2) is 5.18 Å². The molecule has 1 aliphatic rings. The van der Waals surface area contributed by atoms with E-state index in [4.69, 9.17) is 0 Å². The number of rotatable bonds is 1. The molecule has 0 bridgehead atoms. The van der Waals surface area contributed by atoms with Gasteiger partial charge in [0.1, 0.15) is 0 Å². The Kier molecular flexibility index (Phi) is 2.41. The molecule has 0 spiro atoms. The third-order valence-corrected chi connectivity index (χ3v) is 2.52. The Morgan fingerprint density at radius 3 is 2.50 bits per heavy atom. The van der Waals surface area contributed by atoms with E-state index in [2.05, 4.69) is 19.0 Å². The molecule has 1 saturated carbocycles. The lowest BCUT2D eigenvalue weighted by Crippen LogP contribution is -2.23. The summed E-state index contributed by atoms with van der Waals surface area (Å²) in [6, 6.07) is 0.108. The molecule has 3 atom stereocenters. The van der Waals surface area contributed by atoms with E-state index in [9.17, 15) is 4.91 Å². The summed E-state index contributed by atoms with van der Waals surface area (Å²) in [5, 5.41) is 3.11. The van der Waals surface area contributed by atoms with Gasteiger partial charge in [-0.1, -0.05) is 19.0 Å². The molecule has 2 nitrogen and oxygen atoms in total. The van der Waals surface area contributed by atoms with Gasteiger partial charge in [-0.25, -0.2) is 0 Å². The SMILES string of the molecule is CC1CCC(N=O)C(C)C1. The van der Waals surface area contributed by atoms with Gasteiger partial charge in [-0.15, -0.1) is 0 Å². The lowest BCUT2D eigenvalue weighted by molar-refractivity contribution is 0.263. The van der Waals surface area contributed by atoms with Gasteiger partial charge in [0.25, 0.3) is 0 Å². The van der Waals surface area contributed by atoms with Crippen LogP contribution in [0, 0.1) is 16.7 Å². The molecule has 3 unspecified atom stereocenters. The van der Waals surface area contributed by atoms with Crippen LogP contribution in [0.2, 0.25) is 0 Å². The second-order valence-electron chi connectivity index (χ2n) is 3.57. The summed E-state index contributed by atoms with van der Waals surface area (Å²) < 4.78 is 0. The zero-order valence-corrected chi connectivity index (χ0v) is 6.71. The predicted octanol–water partition coefficient (Wildman–Crippen LogP) is 2.58. The summed E-state index contributed by atoms with van der Waals surface area (Å²) in [7, 11) is 0. The van der Waals surface area contributed by atoms with Gasteiger partial charge in [0.2, 0.25) is 0 Å². The molecule has 0 aromatic rings. The molecule has 0 aromatic heterocycles. The van der Waals surface area contributed by atoms with Crippen molar-refractivity contribution >= 4 is 0 Å². The molecule has 1 aliphatic carbocycles. The maximum absolute atomic E-state index is 10.2. The zero-order valence-electron chi connectivity index (χ0n) is 6.71. The molecule has 0 aromatic carbocycles. The molecule has 10 heavy (non-hydrogen) atoms. The molecule has 0 aliphatic heterocycles. The molecule has 0 radical (unpaired) electrons. The Balaban J connectivity index is 2.43. The molecule has 1 rings (SSSR count). The highest BCUT2D eigenvalue weighted by molar-refractivity contribution is 4.80. The van der Waals surface area contributed by atoms with Gasteiger partial charge in [0.05, 0.1) is 6.04 Å². The van der Waals surface area contributed by atoms with Gasteiger partial charge in [0, 0.05) is 0 Å². The van der Waals surface area contributed by atoms with E-state index in [1.165, 1.54) is 12.8 Å². The van der Waals surface area contributed by atoms with Crippen LogP contribution in [-0.4, -0.2) is 6.04 Å². The summed E-state index contributed by atoms with van der Waals surface area (Å²) in [6.07, 6.45) is 3.36. The van der Waals surface area contributed by atoms with E-state index in [-0.39, 0.29) is 6.04 Å². The summed E-state index contributed by atoms with van der Waals surface area (Å²) in [4.78, 5) is 10.2. The van der Waals surface area contributed by atoms with Crippen molar-refractivity contribution in [2.45, 2.75) is 39.2 Å². The minimum atomic E-state index is 0.108. The zero-order chi connectivity index (χ0) is 7.56. The van der Waals surface area contributed by atoms with Crippen LogP contribution >= 0.6 is 0 Å². The number of hydrogen-bond acceptors (Lipinski definition) is 2. The lowest BCUT2D eigenvalue weighted by atomic mass is 9.80. The molecule has 0 saturated heterocycles. The normalized spacial score (nSPS) is 41.2. The summed E-state index contributed by atoms with van der Waals surface area (Å²) >= 11 is 0. The fourth-order valence-corrected chi connectivity index (χ4v) is 1.81. The quantitative estimate of drug-likeness (QED) is 0.516. The highest BCUT2D eigenvalue weighted by Gasteiger charge is 2.25. The lowest BCUT2D eigenvalue weighted by Gasteiger charge is -2.27. The van der Waals surface area contributed by atoms with Crippen molar-refractivity contribution < 1.29 is 0 Å². The second kappa shape index (κ2) is 3.13. The first-order valence-electron chi connectivity index (χ1n) is 4.06. The monoisotopic (exact) mass is 141 g/mol. The van der Waals surface area contributed by atoms with Crippen molar-refractivity contribution in [3.63, 3.8) is 0 Å². The van der Waals surface area contributed by atoms with Gasteiger partial charge < -0.3 is 0 Å². The second-order valence-corrected chi connectivity index (χ2v) is 3.57. The van der Waals surface area contributed by atoms with E-state index >= 15 is 0 Å². The first-order chi connectivity index (χ1) is 4.74. The van der Waals surface area contributed by atoms with E-state index < -0.39 is 0 Å². The van der Waals surface area contributed by atoms with E-state index in [0.29, 0.717) is 5.92 Å². The molecular formula is C8H15NO. The number of hydrogen-bond donors (Lipinski definition) is 0. The molecule has 2 heteroatoms. The minimum Gasteiger partial charge on any atom is -0.151 e. The van der Waals surface area contributed by atoms with E-state index in [0.717, 1.165) is 12.3 Å². The van der Waals surface area contributed by atoms with Crippen molar-refractivity contribution in [3.8, 4) is 0 Å². The Labute approximate surface area is 62.0 Å². The van der Waals surface area contributed by atoms with Crippen molar-refractivity contribution in [2.75, 3.05) is 0 Å². The Morgan fingerprint density at radius 1 is 1.30 bits per heavy atom. The number of nitrogens with zero attached hydrogens (tertiary/aromatic N) is 1. The van der Waals surface area contributed by atoms with Crippen molar-refractivity contribution in [1.29, 1.82) is 0 Å². The first kappa shape index (κ1) is 7.70. The maximum Gasteiger partial charge on any atom is 0.0945 e. The summed E-state index contributed by atoms with van der Waals surface area (Å²) in [5.41, 5.74) is 0. The maximum atomic E-state index is 10.2. The summed E-state index contributed by atoms with van der Waals surface area (Å²) in [6.45, 7) is 4.37. The van der Waals surface area contributed by atoms with Crippen LogP contribution in [0.5, 0.6) is 0 Å². The van der Waals surface area contributed by atoms with Crippen LogP contribution in [0.3, 0.4) is 0 Å². The van der Waals surface area contributed by atoms with Crippen molar-refractivity contribution in [2.24, 2.45) is 17.0 Å². The molecule has 0 N–H and O–H groups in total. The predicted molar refractivity (Wildman–Crippen MR) is 41.8 cm³/mol. The Morgan fingerprint density at radius 2 is 2.00 bits per heavy atom. The molecular weight excluding hydrogens is 126 g/mol. The van der Waals surface area contributed by atoms with E-state index in [1.54, 1.807) is 0 Å². The highest BCUT2D eigenvalue weighted by atomic mass is 16.3. The van der Waals surface area contributed by atoms with Crippen LogP contribution in [-0.2, 0) is 0 Å². The third-order valence-electron chi connectivity index (χ3n) is 2.52. The fourth-order valence-electron chi connectivity index (χ4n) is 1.81. The highest BCUT2D eigenvalue weighted by Crippen LogP contribution is 2.30. The van der Waals surface area contributed by atoms with Crippen LogP contribution < -0.4 is 0 Å². The minimum absolute atomic E-state index is 0.108. The van der Waals surface area contributed by atoms with E-state index in [1.807, 2.05) is 0 Å². The van der Waals surface area contributed by atoms with Crippen LogP contribution in [0.1, 0.15) is 33.1 Å². The standard InChI is InChI=1S/C8H15NO/c1-6-3-4-8(9-10)7(2)5-6/h6-8H,3-5H2,1-2H3. The van der Waals surface area contributed by atoms with Crippen LogP contribution in [0.25, 0.3) is 0 Å². The molecule has 0 amide bonds. The third kappa shape index (κ3) is 1.55. The van der Waals surface area contributed by atoms with Gasteiger partial charge in [-0.2, -0.15) is 4.91 Å². The van der Waals surface area contributed by atoms with Crippen molar-refractivity contribution in [3.05, 3.63) is 4.91 Å². The first-order valence-corrected chi connectivity index (χ1v) is 4.06. The summed E-state index contributed by atoms with van der Waals surface area (Å²) in [5.74, 6) is 1.31. The van der Waals surface area contributed by atoms with Gasteiger partial charge in [-0.05, 0) is 31.1 Å². The fraction of sp³-hybridized carbons (Fsp3) is 1.00. The average Bonchev–Trinajstić information content (AvgIpc) is 1.88. The van der Waals surface area contributed by atoms with Gasteiger partial charge in [0.15, 0.2) is 0 Å².